The molecular formula is C38H32O4P2. The first-order chi connectivity index (χ1) is 21.2. The third kappa shape index (κ3) is 6.15. The second-order valence-electron chi connectivity index (χ2n) is 10.5. The molecule has 5 aromatic rings. The zero-order valence-corrected chi connectivity index (χ0v) is 26.9. The SMILES string of the molecule is CC(=O)c1ccccc1P(c1ccccc1C(C)=O)c1ccccc1P(c1ccccc1C(C)=O)c1ccccc1C(C)=O. The van der Waals surface area contributed by atoms with Gasteiger partial charge in [-0.1, -0.05) is 121 Å². The summed E-state index contributed by atoms with van der Waals surface area (Å²) in [6.45, 7) is 6.25. The van der Waals surface area contributed by atoms with E-state index in [9.17, 15) is 19.2 Å². The Bertz CT molecular complexity index is 1660. The highest BCUT2D eigenvalue weighted by molar-refractivity contribution is 7.85. The molecule has 0 atom stereocenters. The second kappa shape index (κ2) is 13.5. The summed E-state index contributed by atoms with van der Waals surface area (Å²) in [6, 6.07) is 38.5. The molecule has 0 unspecified atom stereocenters. The predicted molar refractivity (Wildman–Crippen MR) is 184 cm³/mol. The molecule has 0 spiro atoms. The Morgan fingerprint density at radius 1 is 0.318 bits per heavy atom. The maximum atomic E-state index is 13.0. The first kappa shape index (κ1) is 31.1. The molecule has 218 valence electrons. The van der Waals surface area contributed by atoms with E-state index < -0.39 is 15.8 Å². The molecular weight excluding hydrogens is 582 g/mol. The van der Waals surface area contributed by atoms with Crippen molar-refractivity contribution in [3.63, 3.8) is 0 Å². The third-order valence-electron chi connectivity index (χ3n) is 7.46. The van der Waals surface area contributed by atoms with E-state index in [2.05, 4.69) is 12.1 Å². The molecule has 4 nitrogen and oxygen atoms in total. The molecule has 6 heteroatoms. The Labute approximate surface area is 260 Å². The number of hydrogen-bond donors (Lipinski definition) is 0. The molecule has 0 aromatic heterocycles. The van der Waals surface area contributed by atoms with Gasteiger partial charge >= 0.3 is 0 Å². The fourth-order valence-corrected chi connectivity index (χ4v) is 11.6. The van der Waals surface area contributed by atoms with Gasteiger partial charge in [-0.25, -0.2) is 0 Å². The van der Waals surface area contributed by atoms with Crippen molar-refractivity contribution in [2.45, 2.75) is 27.7 Å². The Morgan fingerprint density at radius 2 is 0.500 bits per heavy atom. The largest absolute Gasteiger partial charge is 0.294 e. The van der Waals surface area contributed by atoms with Crippen LogP contribution in [0.3, 0.4) is 0 Å². The minimum atomic E-state index is -1.43. The van der Waals surface area contributed by atoms with Gasteiger partial charge in [0.1, 0.15) is 0 Å². The van der Waals surface area contributed by atoms with Gasteiger partial charge in [0.15, 0.2) is 23.1 Å². The fourth-order valence-electron chi connectivity index (χ4n) is 5.49. The lowest BCUT2D eigenvalue weighted by Crippen LogP contribution is -2.38. The lowest BCUT2D eigenvalue weighted by Gasteiger charge is -2.30. The minimum Gasteiger partial charge on any atom is -0.294 e. The molecule has 0 aliphatic heterocycles. The first-order valence-corrected chi connectivity index (χ1v) is 17.0. The second-order valence-corrected chi connectivity index (χ2v) is 14.7. The van der Waals surface area contributed by atoms with Gasteiger partial charge in [-0.15, -0.1) is 0 Å². The van der Waals surface area contributed by atoms with Crippen LogP contribution in [0.1, 0.15) is 69.1 Å². The van der Waals surface area contributed by atoms with Gasteiger partial charge in [0, 0.05) is 22.3 Å². The van der Waals surface area contributed by atoms with E-state index in [4.69, 9.17) is 0 Å². The van der Waals surface area contributed by atoms with Crippen LogP contribution in [0, 0.1) is 0 Å². The van der Waals surface area contributed by atoms with E-state index in [0.29, 0.717) is 22.3 Å². The summed E-state index contributed by atoms with van der Waals surface area (Å²) in [5.74, 6) is -0.233. The van der Waals surface area contributed by atoms with Gasteiger partial charge in [0.05, 0.1) is 0 Å². The van der Waals surface area contributed by atoms with Crippen LogP contribution in [0.4, 0.5) is 0 Å². The molecule has 0 saturated heterocycles. The van der Waals surface area contributed by atoms with Crippen LogP contribution < -0.4 is 31.8 Å². The lowest BCUT2D eigenvalue weighted by atomic mass is 10.1. The van der Waals surface area contributed by atoms with Crippen molar-refractivity contribution in [1.82, 2.24) is 0 Å². The van der Waals surface area contributed by atoms with Crippen LogP contribution in [0.25, 0.3) is 0 Å². The predicted octanol–water partition coefficient (Wildman–Crippen LogP) is 6.01. The maximum Gasteiger partial charge on any atom is 0.160 e. The monoisotopic (exact) mass is 614 g/mol. The summed E-state index contributed by atoms with van der Waals surface area (Å²) < 4.78 is 0. The van der Waals surface area contributed by atoms with Crippen LogP contribution in [0.2, 0.25) is 0 Å². The highest BCUT2D eigenvalue weighted by Crippen LogP contribution is 2.41. The number of benzene rings is 5. The van der Waals surface area contributed by atoms with E-state index in [1.165, 1.54) is 0 Å². The molecule has 0 amide bonds. The van der Waals surface area contributed by atoms with Gasteiger partial charge in [-0.05, 0) is 75.4 Å². The van der Waals surface area contributed by atoms with Gasteiger partial charge < -0.3 is 0 Å². The molecule has 5 rings (SSSR count). The van der Waals surface area contributed by atoms with Gasteiger partial charge in [-0.2, -0.15) is 0 Å². The van der Waals surface area contributed by atoms with Crippen molar-refractivity contribution < 1.29 is 19.2 Å². The van der Waals surface area contributed by atoms with Crippen molar-refractivity contribution in [2.75, 3.05) is 0 Å². The van der Waals surface area contributed by atoms with Crippen molar-refractivity contribution in [3.8, 4) is 0 Å². The van der Waals surface area contributed by atoms with Gasteiger partial charge in [0.2, 0.25) is 0 Å². The van der Waals surface area contributed by atoms with Crippen molar-refractivity contribution in [1.29, 1.82) is 0 Å². The molecule has 5 aromatic carbocycles. The normalized spacial score (nSPS) is 11.0. The minimum absolute atomic E-state index is 0.0583. The van der Waals surface area contributed by atoms with Crippen molar-refractivity contribution in [3.05, 3.63) is 144 Å². The Kier molecular flexibility index (Phi) is 9.55. The molecule has 0 aliphatic rings. The van der Waals surface area contributed by atoms with Crippen LogP contribution in [0.5, 0.6) is 0 Å². The summed E-state index contributed by atoms with van der Waals surface area (Å²) in [7, 11) is -2.86. The number of carbonyl (C=O) groups is 4. The Balaban J connectivity index is 1.93. The van der Waals surface area contributed by atoms with E-state index >= 15 is 0 Å². The summed E-state index contributed by atoms with van der Waals surface area (Å²) in [4.78, 5) is 52.1. The number of Topliss-reactive ketones (excluding diaryl/α,β-unsaturated/α-hetero) is 4. The molecule has 0 N–H and O–H groups in total. The number of carbonyl (C=O) groups excluding carboxylic acids is 4. The highest BCUT2D eigenvalue weighted by Gasteiger charge is 2.31. The summed E-state index contributed by atoms with van der Waals surface area (Å²) in [5, 5.41) is 5.34. The standard InChI is InChI=1S/C38H32O4P2/c1-25(39)29-15-5-9-19-33(29)43(34-20-10-6-16-30(34)26(2)40)37-23-13-14-24-38(37)44(35-21-11-7-17-31(35)27(3)41)36-22-12-8-18-32(36)28(4)42/h5-24H,1-4H3. The van der Waals surface area contributed by atoms with Crippen LogP contribution >= 0.6 is 15.8 Å². The molecule has 0 aliphatic carbocycles. The average molecular weight is 615 g/mol. The molecule has 0 heterocycles. The zero-order chi connectivity index (χ0) is 31.4. The van der Waals surface area contributed by atoms with E-state index in [-0.39, 0.29) is 23.1 Å². The molecule has 44 heavy (non-hydrogen) atoms. The Hall–Kier alpha value is -4.36. The van der Waals surface area contributed by atoms with E-state index in [1.54, 1.807) is 27.7 Å². The zero-order valence-electron chi connectivity index (χ0n) is 25.1. The van der Waals surface area contributed by atoms with Gasteiger partial charge in [-0.3, -0.25) is 19.2 Å². The van der Waals surface area contributed by atoms with Crippen molar-refractivity contribution >= 4 is 70.8 Å². The Morgan fingerprint density at radius 3 is 0.705 bits per heavy atom. The van der Waals surface area contributed by atoms with E-state index in [1.807, 2.05) is 109 Å². The molecule has 0 fully saturated rings. The van der Waals surface area contributed by atoms with Crippen LogP contribution in [-0.4, -0.2) is 23.1 Å². The topological polar surface area (TPSA) is 68.3 Å². The van der Waals surface area contributed by atoms with Crippen molar-refractivity contribution in [2.24, 2.45) is 0 Å². The number of rotatable bonds is 10. The fraction of sp³-hybridized carbons (Fsp3) is 0.105. The smallest absolute Gasteiger partial charge is 0.160 e. The number of hydrogen-bond acceptors (Lipinski definition) is 4. The van der Waals surface area contributed by atoms with Crippen LogP contribution in [0.15, 0.2) is 121 Å². The summed E-state index contributed by atoms with van der Waals surface area (Å²) >= 11 is 0. The summed E-state index contributed by atoms with van der Waals surface area (Å²) in [5.41, 5.74) is 2.41. The van der Waals surface area contributed by atoms with Crippen LogP contribution in [-0.2, 0) is 0 Å². The summed E-state index contributed by atoms with van der Waals surface area (Å²) in [6.07, 6.45) is 0. The third-order valence-corrected chi connectivity index (χ3v) is 12.9. The molecule has 0 bridgehead atoms. The maximum absolute atomic E-state index is 13.0. The molecule has 0 saturated carbocycles. The molecule has 0 radical (unpaired) electrons. The van der Waals surface area contributed by atoms with Gasteiger partial charge in [0.25, 0.3) is 0 Å². The quantitative estimate of drug-likeness (QED) is 0.143. The highest BCUT2D eigenvalue weighted by atomic mass is 31.1. The number of ketones is 4. The van der Waals surface area contributed by atoms with E-state index in [0.717, 1.165) is 31.8 Å². The first-order valence-electron chi connectivity index (χ1n) is 14.3. The average Bonchev–Trinajstić information content (AvgIpc) is 3.02. The lowest BCUT2D eigenvalue weighted by molar-refractivity contribution is 0.101.